The first kappa shape index (κ1) is 39.2. The molecule has 4 rings (SSSR count). The van der Waals surface area contributed by atoms with Crippen LogP contribution in [0.2, 0.25) is 0 Å². The number of rotatable bonds is 16. The van der Waals surface area contributed by atoms with Crippen LogP contribution < -0.4 is 26.4 Å². The molecule has 3 aromatic carbocycles. The highest BCUT2D eigenvalue weighted by Gasteiger charge is 2.38. The molecule has 5 atom stereocenters. The van der Waals surface area contributed by atoms with Crippen LogP contribution in [-0.2, 0) is 40.0 Å². The number of nitrogens with one attached hydrogen (secondary N) is 3. The number of carbonyl (C=O) groups is 7. The van der Waals surface area contributed by atoms with Gasteiger partial charge in [-0.1, -0.05) is 81.3 Å². The summed E-state index contributed by atoms with van der Waals surface area (Å²) < 4.78 is 5.64. The fourth-order valence-electron chi connectivity index (χ4n) is 6.47. The Hall–Kier alpha value is -5.63. The number of fused-ring (bicyclic) bond motifs is 1. The SMILES string of the molecule is CC(C)CC(NC(=O)C(CC(=O)O)NC(=O)C(NC(=O)C1CCCCC1C(=O)O)c1cccc(OC(=O)Cc2cccc3ccccc23)c1)C([NH3+])=O. The molecule has 52 heavy (non-hydrogen) atoms. The molecule has 8 N–H and O–H groups in total. The largest absolute Gasteiger partial charge is 0.481 e. The molecule has 0 aliphatic heterocycles. The summed E-state index contributed by atoms with van der Waals surface area (Å²) in [4.78, 5) is 89.9. The molecule has 14 nitrogen and oxygen atoms in total. The van der Waals surface area contributed by atoms with E-state index in [1.165, 1.54) is 24.3 Å². The molecule has 0 heterocycles. The smallest absolute Gasteiger partial charge is 0.331 e. The van der Waals surface area contributed by atoms with E-state index in [2.05, 4.69) is 21.7 Å². The molecular formula is C38H45N4O10+. The summed E-state index contributed by atoms with van der Waals surface area (Å²) in [5, 5.41) is 28.7. The van der Waals surface area contributed by atoms with Crippen LogP contribution in [0.5, 0.6) is 5.75 Å². The Bertz CT molecular complexity index is 1820. The van der Waals surface area contributed by atoms with Crippen molar-refractivity contribution in [2.45, 2.75) is 76.9 Å². The fourth-order valence-corrected chi connectivity index (χ4v) is 6.47. The number of esters is 1. The van der Waals surface area contributed by atoms with Crippen molar-refractivity contribution in [3.63, 3.8) is 0 Å². The molecule has 0 radical (unpaired) electrons. The van der Waals surface area contributed by atoms with Crippen molar-refractivity contribution in [2.75, 3.05) is 0 Å². The van der Waals surface area contributed by atoms with Crippen molar-refractivity contribution < 1.29 is 54.2 Å². The molecule has 1 fully saturated rings. The van der Waals surface area contributed by atoms with Gasteiger partial charge in [-0.05, 0) is 59.2 Å². The van der Waals surface area contributed by atoms with Crippen LogP contribution in [0.4, 0.5) is 0 Å². The van der Waals surface area contributed by atoms with Crippen molar-refractivity contribution in [2.24, 2.45) is 17.8 Å². The summed E-state index contributed by atoms with van der Waals surface area (Å²) in [5.41, 5.74) is 4.23. The van der Waals surface area contributed by atoms with E-state index >= 15 is 0 Å². The first-order valence-electron chi connectivity index (χ1n) is 17.2. The quantitative estimate of drug-likeness (QED) is 0.0935. The van der Waals surface area contributed by atoms with E-state index < -0.39 is 77.9 Å². The molecule has 0 bridgehead atoms. The molecule has 1 aliphatic rings. The van der Waals surface area contributed by atoms with Gasteiger partial charge in [0.05, 0.1) is 24.7 Å². The Morgan fingerprint density at radius 3 is 2.13 bits per heavy atom. The van der Waals surface area contributed by atoms with Crippen LogP contribution >= 0.6 is 0 Å². The minimum absolute atomic E-state index is 0.0223. The zero-order valence-corrected chi connectivity index (χ0v) is 29.1. The Morgan fingerprint density at radius 1 is 0.808 bits per heavy atom. The third kappa shape index (κ3) is 10.7. The lowest BCUT2D eigenvalue weighted by Crippen LogP contribution is -2.67. The maximum atomic E-state index is 14.0. The number of amides is 4. The van der Waals surface area contributed by atoms with Crippen molar-refractivity contribution in [1.29, 1.82) is 0 Å². The lowest BCUT2D eigenvalue weighted by atomic mass is 9.78. The van der Waals surface area contributed by atoms with E-state index in [-0.39, 0.29) is 42.9 Å². The fraction of sp³-hybridized carbons (Fsp3) is 0.395. The normalized spacial score (nSPS) is 17.3. The highest BCUT2D eigenvalue weighted by molar-refractivity contribution is 5.96. The van der Waals surface area contributed by atoms with E-state index in [1.54, 1.807) is 0 Å². The van der Waals surface area contributed by atoms with Gasteiger partial charge in [-0.2, -0.15) is 0 Å². The van der Waals surface area contributed by atoms with Crippen LogP contribution in [0.15, 0.2) is 66.7 Å². The van der Waals surface area contributed by atoms with E-state index in [4.69, 9.17) is 4.74 Å². The van der Waals surface area contributed by atoms with E-state index in [1.807, 2.05) is 56.3 Å². The number of carboxylic acid groups (broad SMARTS) is 2. The molecule has 1 saturated carbocycles. The first-order chi connectivity index (χ1) is 24.7. The topological polar surface area (TPSA) is 233 Å². The molecule has 5 unspecified atom stereocenters. The molecule has 3 aromatic rings. The molecule has 0 spiro atoms. The highest BCUT2D eigenvalue weighted by atomic mass is 16.5. The Kier molecular flexibility index (Phi) is 13.6. The van der Waals surface area contributed by atoms with Gasteiger partial charge in [0.25, 0.3) is 0 Å². The van der Waals surface area contributed by atoms with E-state index in [0.717, 1.165) is 16.3 Å². The number of benzene rings is 3. The maximum absolute atomic E-state index is 14.0. The van der Waals surface area contributed by atoms with Crippen LogP contribution in [0.1, 0.15) is 69.5 Å². The Balaban J connectivity index is 1.62. The highest BCUT2D eigenvalue weighted by Crippen LogP contribution is 2.31. The number of carbonyl (C=O) groups excluding carboxylic acids is 5. The average Bonchev–Trinajstić information content (AvgIpc) is 3.09. The van der Waals surface area contributed by atoms with Gasteiger partial charge < -0.3 is 30.9 Å². The van der Waals surface area contributed by atoms with Gasteiger partial charge in [-0.3, -0.25) is 34.5 Å². The van der Waals surface area contributed by atoms with Crippen LogP contribution in [0.25, 0.3) is 10.8 Å². The number of quaternary nitrogens is 1. The number of ether oxygens (including phenoxy) is 1. The van der Waals surface area contributed by atoms with Gasteiger partial charge in [0.1, 0.15) is 23.9 Å². The summed E-state index contributed by atoms with van der Waals surface area (Å²) in [6.45, 7) is 3.64. The summed E-state index contributed by atoms with van der Waals surface area (Å²) in [7, 11) is 0. The predicted molar refractivity (Wildman–Crippen MR) is 187 cm³/mol. The number of hydrogen-bond acceptors (Lipinski definition) is 8. The van der Waals surface area contributed by atoms with Crippen LogP contribution in [0, 0.1) is 17.8 Å². The molecule has 4 amide bonds. The molecule has 0 saturated heterocycles. The number of aliphatic carboxylic acids is 2. The van der Waals surface area contributed by atoms with Crippen LogP contribution in [0.3, 0.4) is 0 Å². The van der Waals surface area contributed by atoms with Gasteiger partial charge in [-0.25, -0.2) is 4.79 Å². The first-order valence-corrected chi connectivity index (χ1v) is 17.2. The lowest BCUT2D eigenvalue weighted by Gasteiger charge is -2.30. The molecular weight excluding hydrogens is 672 g/mol. The molecule has 14 heteroatoms. The summed E-state index contributed by atoms with van der Waals surface area (Å²) in [6, 6.07) is 14.7. The monoisotopic (exact) mass is 717 g/mol. The second kappa shape index (κ2) is 18.0. The second-order valence-corrected chi connectivity index (χ2v) is 13.5. The van der Waals surface area contributed by atoms with Crippen molar-refractivity contribution in [1.82, 2.24) is 16.0 Å². The minimum atomic E-state index is -1.67. The van der Waals surface area contributed by atoms with E-state index in [9.17, 15) is 43.8 Å². The van der Waals surface area contributed by atoms with Crippen LogP contribution in [-0.4, -0.2) is 63.8 Å². The lowest BCUT2D eigenvalue weighted by molar-refractivity contribution is -0.308. The van der Waals surface area contributed by atoms with Crippen molar-refractivity contribution in [3.05, 3.63) is 77.9 Å². The number of carboxylic acids is 2. The minimum Gasteiger partial charge on any atom is -0.481 e. The summed E-state index contributed by atoms with van der Waals surface area (Å²) >= 11 is 0. The summed E-state index contributed by atoms with van der Waals surface area (Å²) in [5.74, 6) is -8.33. The Morgan fingerprint density at radius 2 is 1.46 bits per heavy atom. The van der Waals surface area contributed by atoms with Gasteiger partial charge in [0.15, 0.2) is 0 Å². The number of hydrogen-bond donors (Lipinski definition) is 6. The van der Waals surface area contributed by atoms with Gasteiger partial charge in [0.2, 0.25) is 17.7 Å². The Labute approximate surface area is 300 Å². The summed E-state index contributed by atoms with van der Waals surface area (Å²) in [6.07, 6.45) is 1.07. The van der Waals surface area contributed by atoms with Gasteiger partial charge in [0, 0.05) is 0 Å². The second-order valence-electron chi connectivity index (χ2n) is 13.5. The third-order valence-corrected chi connectivity index (χ3v) is 9.03. The zero-order chi connectivity index (χ0) is 37.9. The molecule has 276 valence electrons. The van der Waals surface area contributed by atoms with Gasteiger partial charge >= 0.3 is 23.8 Å². The zero-order valence-electron chi connectivity index (χ0n) is 29.1. The standard InChI is InChI=1S/C38H44N4O10/c1-21(2)17-29(34(39)46)40-36(48)30(20-31(43)44)41-37(49)33(42-35(47)27-15-5-6-16-28(27)38(50)51)24-12-8-13-25(18-24)52-32(45)19-23-11-7-10-22-9-3-4-14-26(22)23/h3-4,7-14,18,21,27-30,33H,5-6,15-17,19-20H2,1-2H3,(H2,39,46)(H,40,48)(H,41,49)(H,42,47)(H,43,44)(H,50,51)/p+1. The maximum Gasteiger partial charge on any atom is 0.331 e. The van der Waals surface area contributed by atoms with E-state index in [0.29, 0.717) is 12.8 Å². The van der Waals surface area contributed by atoms with Gasteiger partial charge in [-0.15, -0.1) is 0 Å². The third-order valence-electron chi connectivity index (χ3n) is 9.03. The molecule has 0 aromatic heterocycles. The van der Waals surface area contributed by atoms with Crippen molar-refractivity contribution >= 4 is 52.3 Å². The molecule has 1 aliphatic carbocycles. The predicted octanol–water partition coefficient (Wildman–Crippen LogP) is 2.30. The average molecular weight is 718 g/mol. The van der Waals surface area contributed by atoms with Crippen molar-refractivity contribution in [3.8, 4) is 5.75 Å².